The van der Waals surface area contributed by atoms with Gasteiger partial charge in [-0.3, -0.25) is 4.84 Å². The average Bonchev–Trinajstić information content (AvgIpc) is 3.01. The number of halogens is 17. The Bertz CT molecular complexity index is 1470. The quantitative estimate of drug-likeness (QED) is 0.0904. The first-order chi connectivity index (χ1) is 23.6. The molecule has 0 aliphatic heterocycles. The van der Waals surface area contributed by atoms with Crippen molar-refractivity contribution in [3.8, 4) is 0 Å². The van der Waals surface area contributed by atoms with Crippen molar-refractivity contribution >= 4 is 0 Å². The minimum Gasteiger partial charge on any atom is -0.377 e. The predicted octanol–water partition coefficient (Wildman–Crippen LogP) is 12.1. The summed E-state index contributed by atoms with van der Waals surface area (Å²) >= 11 is 0. The lowest BCUT2D eigenvalue weighted by Crippen LogP contribution is -2.74. The van der Waals surface area contributed by atoms with Crippen molar-refractivity contribution in [3.63, 3.8) is 0 Å². The molecule has 0 saturated carbocycles. The van der Waals surface area contributed by atoms with E-state index >= 15 is 0 Å². The van der Waals surface area contributed by atoms with Crippen LogP contribution in [0.2, 0.25) is 0 Å². The number of benzene rings is 2. The Morgan fingerprint density at radius 3 is 1.40 bits per heavy atom. The molecule has 0 bridgehead atoms. The summed E-state index contributed by atoms with van der Waals surface area (Å²) in [6, 6.07) is 15.0. The molecule has 0 aliphatic carbocycles. The zero-order chi connectivity index (χ0) is 41.4. The van der Waals surface area contributed by atoms with Crippen LogP contribution in [0.3, 0.4) is 0 Å². The van der Waals surface area contributed by atoms with E-state index in [1.54, 1.807) is 6.92 Å². The molecular weight excluding hydrogens is 765 g/mol. The van der Waals surface area contributed by atoms with E-state index in [0.29, 0.717) is 5.56 Å². The first-order valence-corrected chi connectivity index (χ1v) is 15.5. The van der Waals surface area contributed by atoms with Gasteiger partial charge in [-0.15, -0.1) is 0 Å². The number of alkyl halides is 17. The standard InChI is InChI=1S/C33H36F17NO2/c1-19(2)24(23-10-8-7-9-11-23)51(25(4,5)6)53-20(3)22-14-12-21(13-15-22)18-52-17-16-26(34,35)27(36,37)28(38,39)29(40,41)30(42,43)31(44,45)32(46,47)33(48,49)50/h7-15,19-20,24H,16-18H2,1-6H3. The van der Waals surface area contributed by atoms with E-state index in [1.165, 1.54) is 24.3 Å². The minimum atomic E-state index is -8.66. The van der Waals surface area contributed by atoms with Crippen LogP contribution in [-0.2, 0) is 16.2 Å². The van der Waals surface area contributed by atoms with Crippen LogP contribution in [-0.4, -0.2) is 64.8 Å². The molecule has 20 heteroatoms. The molecule has 0 N–H and O–H groups in total. The predicted molar refractivity (Wildman–Crippen MR) is 157 cm³/mol. The van der Waals surface area contributed by atoms with Gasteiger partial charge in [0.25, 0.3) is 0 Å². The second kappa shape index (κ2) is 15.3. The van der Waals surface area contributed by atoms with Gasteiger partial charge in [0.1, 0.15) is 6.10 Å². The lowest BCUT2D eigenvalue weighted by molar-refractivity contribution is -0.462. The monoisotopic (exact) mass is 801 g/mol. The van der Waals surface area contributed by atoms with Gasteiger partial charge in [0.2, 0.25) is 0 Å². The van der Waals surface area contributed by atoms with Crippen LogP contribution < -0.4 is 0 Å². The molecule has 0 heterocycles. The first-order valence-electron chi connectivity index (χ1n) is 15.5. The molecule has 0 amide bonds. The number of hydrogen-bond donors (Lipinski definition) is 0. The highest BCUT2D eigenvalue weighted by molar-refractivity contribution is 5.24. The van der Waals surface area contributed by atoms with Crippen LogP contribution in [0, 0.1) is 5.92 Å². The molecule has 2 aromatic rings. The Morgan fingerprint density at radius 2 is 0.981 bits per heavy atom. The van der Waals surface area contributed by atoms with Crippen molar-refractivity contribution in [2.45, 2.75) is 120 Å². The molecule has 2 aromatic carbocycles. The maximum atomic E-state index is 14.2. The van der Waals surface area contributed by atoms with E-state index in [2.05, 4.69) is 0 Å². The van der Waals surface area contributed by atoms with Crippen LogP contribution >= 0.6 is 0 Å². The van der Waals surface area contributed by atoms with E-state index in [4.69, 9.17) is 9.57 Å². The molecule has 2 atom stereocenters. The van der Waals surface area contributed by atoms with Crippen LogP contribution in [0.4, 0.5) is 74.6 Å². The first kappa shape index (κ1) is 46.3. The van der Waals surface area contributed by atoms with Gasteiger partial charge >= 0.3 is 47.6 Å². The fourth-order valence-corrected chi connectivity index (χ4v) is 4.94. The van der Waals surface area contributed by atoms with E-state index in [1.807, 2.05) is 70.0 Å². The Morgan fingerprint density at radius 1 is 0.547 bits per heavy atom. The highest BCUT2D eigenvalue weighted by Crippen LogP contribution is 2.64. The molecule has 2 unspecified atom stereocenters. The molecule has 3 nitrogen and oxygen atoms in total. The number of rotatable bonds is 17. The average molecular weight is 802 g/mol. The smallest absolute Gasteiger partial charge is 0.377 e. The summed E-state index contributed by atoms with van der Waals surface area (Å²) in [5.41, 5.74) is 1.18. The third kappa shape index (κ3) is 8.68. The van der Waals surface area contributed by atoms with Gasteiger partial charge in [0, 0.05) is 12.0 Å². The van der Waals surface area contributed by atoms with E-state index < -0.39 is 78.9 Å². The summed E-state index contributed by atoms with van der Waals surface area (Å²) in [7, 11) is 0. The Balaban J connectivity index is 2.17. The molecule has 0 aromatic heterocycles. The molecule has 53 heavy (non-hydrogen) atoms. The summed E-state index contributed by atoms with van der Waals surface area (Å²) in [6.07, 6.45) is -11.0. The molecule has 0 saturated heterocycles. The van der Waals surface area contributed by atoms with Crippen molar-refractivity contribution in [2.24, 2.45) is 5.92 Å². The third-order valence-corrected chi connectivity index (χ3v) is 8.02. The summed E-state index contributed by atoms with van der Waals surface area (Å²) < 4.78 is 234. The van der Waals surface area contributed by atoms with Gasteiger partial charge in [-0.1, -0.05) is 68.4 Å². The summed E-state index contributed by atoms with van der Waals surface area (Å²) in [5.74, 6) is -56.5. The van der Waals surface area contributed by atoms with Gasteiger partial charge in [-0.05, 0) is 50.3 Å². The van der Waals surface area contributed by atoms with Crippen molar-refractivity contribution in [3.05, 3.63) is 71.3 Å². The zero-order valence-electron chi connectivity index (χ0n) is 28.7. The van der Waals surface area contributed by atoms with Gasteiger partial charge < -0.3 is 4.74 Å². The second-order valence-corrected chi connectivity index (χ2v) is 13.5. The molecular formula is C33H36F17NO2. The van der Waals surface area contributed by atoms with Crippen molar-refractivity contribution < 1.29 is 84.2 Å². The minimum absolute atomic E-state index is 0.0837. The molecule has 0 spiro atoms. The van der Waals surface area contributed by atoms with E-state index in [0.717, 1.165) is 5.56 Å². The van der Waals surface area contributed by atoms with Crippen molar-refractivity contribution in [1.82, 2.24) is 5.06 Å². The van der Waals surface area contributed by atoms with Gasteiger partial charge in [-0.25, -0.2) is 0 Å². The zero-order valence-corrected chi connectivity index (χ0v) is 28.7. The highest BCUT2D eigenvalue weighted by atomic mass is 19.4. The summed E-state index contributed by atoms with van der Waals surface area (Å²) in [4.78, 5) is 6.37. The highest BCUT2D eigenvalue weighted by Gasteiger charge is 2.95. The van der Waals surface area contributed by atoms with Gasteiger partial charge in [0.15, 0.2) is 0 Å². The molecule has 304 valence electrons. The molecule has 0 radical (unpaired) electrons. The molecule has 0 fully saturated rings. The maximum Gasteiger partial charge on any atom is 0.460 e. The van der Waals surface area contributed by atoms with Crippen LogP contribution in [0.5, 0.6) is 0 Å². The van der Waals surface area contributed by atoms with E-state index in [9.17, 15) is 74.6 Å². The van der Waals surface area contributed by atoms with E-state index in [-0.39, 0.29) is 17.5 Å². The fraction of sp³-hybridized carbons (Fsp3) is 0.636. The van der Waals surface area contributed by atoms with Crippen LogP contribution in [0.15, 0.2) is 54.6 Å². The number of ether oxygens (including phenoxy) is 1. The van der Waals surface area contributed by atoms with Crippen molar-refractivity contribution in [1.29, 1.82) is 0 Å². The Labute approximate surface area is 293 Å². The van der Waals surface area contributed by atoms with Crippen LogP contribution in [0.25, 0.3) is 0 Å². The van der Waals surface area contributed by atoms with Gasteiger partial charge in [0.05, 0.1) is 19.3 Å². The number of nitrogens with zero attached hydrogens (tertiary/aromatic N) is 1. The largest absolute Gasteiger partial charge is 0.460 e. The Kier molecular flexibility index (Phi) is 13.4. The Hall–Kier alpha value is -2.87. The third-order valence-electron chi connectivity index (χ3n) is 8.02. The van der Waals surface area contributed by atoms with Crippen LogP contribution in [0.1, 0.15) is 76.8 Å². The SMILES string of the molecule is CC(ON(C(c1ccccc1)C(C)C)C(C)(C)C)c1ccc(COCCC(F)(F)C(F)(F)C(F)(F)C(F)(F)C(F)(F)C(F)(F)C(F)(F)C(F)(F)F)cc1. The fourth-order valence-electron chi connectivity index (χ4n) is 4.94. The normalized spacial score (nSPS) is 16.0. The number of hydroxylamine groups is 2. The molecule has 0 aliphatic rings. The van der Waals surface area contributed by atoms with Gasteiger partial charge in [-0.2, -0.15) is 79.7 Å². The topological polar surface area (TPSA) is 21.7 Å². The second-order valence-electron chi connectivity index (χ2n) is 13.5. The number of hydrogen-bond acceptors (Lipinski definition) is 3. The van der Waals surface area contributed by atoms with Crippen molar-refractivity contribution in [2.75, 3.05) is 6.61 Å². The summed E-state index contributed by atoms with van der Waals surface area (Å²) in [6.45, 7) is 9.12. The lowest BCUT2D eigenvalue weighted by Gasteiger charge is -2.44. The summed E-state index contributed by atoms with van der Waals surface area (Å²) in [5, 5.41) is 1.83. The lowest BCUT2D eigenvalue weighted by atomic mass is 9.88. The maximum absolute atomic E-state index is 14.2. The molecule has 2 rings (SSSR count).